The molecule has 5 nitrogen and oxygen atoms in total. The van der Waals surface area contributed by atoms with Gasteiger partial charge in [-0.25, -0.2) is 4.63 Å². The molecule has 0 radical (unpaired) electrons. The summed E-state index contributed by atoms with van der Waals surface area (Å²) in [7, 11) is 0. The Balaban J connectivity index is 1.70. The molecule has 0 aromatic carbocycles. The standard InChI is InChI=1S/C9H15N3O2/c1-7-9(12-14-11-7)5-10-4-8-2-3-13-6-8/h8,10H,2-6H2,1H3. The summed E-state index contributed by atoms with van der Waals surface area (Å²) in [6.07, 6.45) is 1.16. The first-order chi connectivity index (χ1) is 6.86. The van der Waals surface area contributed by atoms with Crippen molar-refractivity contribution >= 4 is 0 Å². The monoisotopic (exact) mass is 197 g/mol. The lowest BCUT2D eigenvalue weighted by molar-refractivity contribution is 0.185. The number of rotatable bonds is 4. The highest BCUT2D eigenvalue weighted by molar-refractivity contribution is 5.03. The van der Waals surface area contributed by atoms with E-state index in [0.29, 0.717) is 5.92 Å². The van der Waals surface area contributed by atoms with E-state index in [9.17, 15) is 0 Å². The summed E-state index contributed by atoms with van der Waals surface area (Å²) in [6.45, 7) is 5.38. The lowest BCUT2D eigenvalue weighted by atomic mass is 10.1. The number of hydrogen-bond acceptors (Lipinski definition) is 5. The third kappa shape index (κ3) is 2.30. The second-order valence-electron chi connectivity index (χ2n) is 3.66. The van der Waals surface area contributed by atoms with E-state index < -0.39 is 0 Å². The summed E-state index contributed by atoms with van der Waals surface area (Å²) < 4.78 is 9.89. The molecule has 14 heavy (non-hydrogen) atoms. The maximum absolute atomic E-state index is 5.28. The van der Waals surface area contributed by atoms with E-state index in [-0.39, 0.29) is 0 Å². The van der Waals surface area contributed by atoms with Crippen LogP contribution in [-0.4, -0.2) is 30.1 Å². The molecule has 1 unspecified atom stereocenters. The van der Waals surface area contributed by atoms with Crippen molar-refractivity contribution in [2.45, 2.75) is 19.9 Å². The topological polar surface area (TPSA) is 60.2 Å². The van der Waals surface area contributed by atoms with Crippen molar-refractivity contribution in [1.29, 1.82) is 0 Å². The van der Waals surface area contributed by atoms with E-state index in [1.807, 2.05) is 6.92 Å². The van der Waals surface area contributed by atoms with Crippen molar-refractivity contribution < 1.29 is 9.37 Å². The second-order valence-corrected chi connectivity index (χ2v) is 3.66. The Hall–Kier alpha value is -0.940. The highest BCUT2D eigenvalue weighted by atomic mass is 16.6. The first-order valence-corrected chi connectivity index (χ1v) is 4.93. The Bertz CT molecular complexity index is 281. The summed E-state index contributed by atoms with van der Waals surface area (Å²) >= 11 is 0. The Morgan fingerprint density at radius 2 is 2.43 bits per heavy atom. The lowest BCUT2D eigenvalue weighted by Gasteiger charge is -2.07. The molecule has 5 heteroatoms. The summed E-state index contributed by atoms with van der Waals surface area (Å²) in [5.41, 5.74) is 1.75. The minimum absolute atomic E-state index is 0.648. The van der Waals surface area contributed by atoms with Crippen LogP contribution in [0.2, 0.25) is 0 Å². The average Bonchev–Trinajstić information content (AvgIpc) is 2.78. The van der Waals surface area contributed by atoms with Crippen LogP contribution >= 0.6 is 0 Å². The molecule has 1 atom stereocenters. The maximum atomic E-state index is 5.28. The molecule has 2 heterocycles. The van der Waals surface area contributed by atoms with Gasteiger partial charge in [0.2, 0.25) is 0 Å². The van der Waals surface area contributed by atoms with Gasteiger partial charge in [-0.1, -0.05) is 10.3 Å². The summed E-state index contributed by atoms with van der Waals surface area (Å²) in [5.74, 6) is 0.648. The van der Waals surface area contributed by atoms with Crippen molar-refractivity contribution in [2.75, 3.05) is 19.8 Å². The SMILES string of the molecule is Cc1nonc1CNCC1CCOC1. The molecule has 0 saturated carbocycles. The Kier molecular flexibility index (Phi) is 3.10. The molecule has 1 aliphatic heterocycles. The normalized spacial score (nSPS) is 21.6. The molecule has 1 aromatic rings. The predicted octanol–water partition coefficient (Wildman–Crippen LogP) is 0.504. The fourth-order valence-electron chi connectivity index (χ4n) is 1.55. The van der Waals surface area contributed by atoms with Crippen LogP contribution in [-0.2, 0) is 11.3 Å². The molecule has 2 rings (SSSR count). The van der Waals surface area contributed by atoms with E-state index in [1.165, 1.54) is 0 Å². The van der Waals surface area contributed by atoms with Crippen molar-refractivity contribution in [1.82, 2.24) is 15.6 Å². The summed E-state index contributed by atoms with van der Waals surface area (Å²) in [5, 5.41) is 10.8. The lowest BCUT2D eigenvalue weighted by Crippen LogP contribution is -2.23. The Morgan fingerprint density at radius 1 is 1.50 bits per heavy atom. The van der Waals surface area contributed by atoms with Crippen LogP contribution in [0.15, 0.2) is 4.63 Å². The third-order valence-electron chi connectivity index (χ3n) is 2.50. The van der Waals surface area contributed by atoms with Gasteiger partial charge in [-0.05, 0) is 19.3 Å². The molecule has 1 aromatic heterocycles. The number of ether oxygens (including phenoxy) is 1. The van der Waals surface area contributed by atoms with E-state index in [1.54, 1.807) is 0 Å². The smallest absolute Gasteiger partial charge is 0.121 e. The van der Waals surface area contributed by atoms with Gasteiger partial charge >= 0.3 is 0 Å². The Morgan fingerprint density at radius 3 is 3.07 bits per heavy atom. The molecule has 0 aliphatic carbocycles. The third-order valence-corrected chi connectivity index (χ3v) is 2.50. The minimum atomic E-state index is 0.648. The van der Waals surface area contributed by atoms with Gasteiger partial charge < -0.3 is 10.1 Å². The van der Waals surface area contributed by atoms with Crippen molar-refractivity contribution in [3.63, 3.8) is 0 Å². The average molecular weight is 197 g/mol. The van der Waals surface area contributed by atoms with Gasteiger partial charge in [-0.15, -0.1) is 0 Å². The fraction of sp³-hybridized carbons (Fsp3) is 0.778. The van der Waals surface area contributed by atoms with E-state index in [2.05, 4.69) is 20.3 Å². The van der Waals surface area contributed by atoms with Crippen LogP contribution in [0.25, 0.3) is 0 Å². The maximum Gasteiger partial charge on any atom is 0.121 e. The van der Waals surface area contributed by atoms with Crippen molar-refractivity contribution in [3.05, 3.63) is 11.4 Å². The van der Waals surface area contributed by atoms with E-state index >= 15 is 0 Å². The van der Waals surface area contributed by atoms with Gasteiger partial charge in [0.25, 0.3) is 0 Å². The fourth-order valence-corrected chi connectivity index (χ4v) is 1.55. The number of nitrogens with zero attached hydrogens (tertiary/aromatic N) is 2. The van der Waals surface area contributed by atoms with Crippen LogP contribution in [0, 0.1) is 12.8 Å². The summed E-state index contributed by atoms with van der Waals surface area (Å²) in [4.78, 5) is 0. The zero-order chi connectivity index (χ0) is 9.80. The second kappa shape index (κ2) is 4.52. The van der Waals surface area contributed by atoms with Crippen molar-refractivity contribution in [2.24, 2.45) is 5.92 Å². The minimum Gasteiger partial charge on any atom is -0.381 e. The number of aryl methyl sites for hydroxylation is 1. The molecule has 0 spiro atoms. The highest BCUT2D eigenvalue weighted by Crippen LogP contribution is 2.10. The summed E-state index contributed by atoms with van der Waals surface area (Å²) in [6, 6.07) is 0. The van der Waals surface area contributed by atoms with Crippen LogP contribution in [0.5, 0.6) is 0 Å². The van der Waals surface area contributed by atoms with Crippen LogP contribution in [0.1, 0.15) is 17.8 Å². The molecular formula is C9H15N3O2. The molecule has 1 aliphatic rings. The molecule has 1 fully saturated rings. The zero-order valence-electron chi connectivity index (χ0n) is 8.32. The number of hydrogen-bond donors (Lipinski definition) is 1. The van der Waals surface area contributed by atoms with E-state index in [4.69, 9.17) is 4.74 Å². The molecular weight excluding hydrogens is 182 g/mol. The van der Waals surface area contributed by atoms with Gasteiger partial charge in [0.05, 0.1) is 6.61 Å². The van der Waals surface area contributed by atoms with Gasteiger partial charge in [0.15, 0.2) is 0 Å². The van der Waals surface area contributed by atoms with Gasteiger partial charge in [-0.3, -0.25) is 0 Å². The molecule has 78 valence electrons. The van der Waals surface area contributed by atoms with Crippen molar-refractivity contribution in [3.8, 4) is 0 Å². The largest absolute Gasteiger partial charge is 0.381 e. The van der Waals surface area contributed by atoms with Gasteiger partial charge in [0.1, 0.15) is 11.4 Å². The molecule has 1 saturated heterocycles. The van der Waals surface area contributed by atoms with Gasteiger partial charge in [0, 0.05) is 19.7 Å². The molecule has 0 bridgehead atoms. The molecule has 1 N–H and O–H groups in total. The molecule has 0 amide bonds. The highest BCUT2D eigenvalue weighted by Gasteiger charge is 2.15. The predicted molar refractivity (Wildman–Crippen MR) is 49.7 cm³/mol. The number of nitrogens with one attached hydrogen (secondary N) is 1. The first kappa shape index (κ1) is 9.61. The van der Waals surface area contributed by atoms with E-state index in [0.717, 1.165) is 44.1 Å². The quantitative estimate of drug-likeness (QED) is 0.761. The number of aromatic nitrogens is 2. The van der Waals surface area contributed by atoms with Gasteiger partial charge in [-0.2, -0.15) is 0 Å². The first-order valence-electron chi connectivity index (χ1n) is 4.93. The van der Waals surface area contributed by atoms with Crippen LogP contribution in [0.4, 0.5) is 0 Å². The van der Waals surface area contributed by atoms with Crippen LogP contribution < -0.4 is 5.32 Å². The zero-order valence-corrected chi connectivity index (χ0v) is 8.32. The Labute approximate surface area is 82.8 Å². The van der Waals surface area contributed by atoms with Crippen LogP contribution in [0.3, 0.4) is 0 Å².